The fraction of sp³-hybridized carbons (Fsp3) is 0.452. The van der Waals surface area contributed by atoms with Crippen molar-refractivity contribution >= 4 is 0 Å². The zero-order valence-corrected chi connectivity index (χ0v) is 21.2. The number of hydrogen-bond acceptors (Lipinski definition) is 2. The van der Waals surface area contributed by atoms with Crippen molar-refractivity contribution in [2.45, 2.75) is 85.7 Å². The number of unbranched alkanes of at least 4 members (excludes halogenated alkanes) is 1. The molecule has 3 aromatic rings. The molecule has 1 atom stereocenters. The maximum Gasteiger partial charge on any atom is 0.0713 e. The average molecular weight is 441 g/mol. The van der Waals surface area contributed by atoms with Crippen LogP contribution in [0.5, 0.6) is 0 Å². The van der Waals surface area contributed by atoms with Crippen LogP contribution in [0.4, 0.5) is 0 Å². The highest BCUT2D eigenvalue weighted by molar-refractivity contribution is 5.69. The normalized spacial score (nSPS) is 16.1. The molecule has 0 aliphatic carbocycles. The number of nitrogens with zero attached hydrogens (tertiary/aromatic N) is 2. The molecular weight excluding hydrogens is 400 g/mol. The van der Waals surface area contributed by atoms with Gasteiger partial charge in [0.25, 0.3) is 0 Å². The lowest BCUT2D eigenvalue weighted by Gasteiger charge is -2.38. The van der Waals surface area contributed by atoms with E-state index in [-0.39, 0.29) is 0 Å². The Balaban J connectivity index is 1.67. The van der Waals surface area contributed by atoms with Crippen LogP contribution >= 0.6 is 0 Å². The van der Waals surface area contributed by atoms with E-state index in [1.54, 1.807) is 11.1 Å². The molecule has 0 fully saturated rings. The van der Waals surface area contributed by atoms with E-state index >= 15 is 0 Å². The predicted molar refractivity (Wildman–Crippen MR) is 141 cm³/mol. The summed E-state index contributed by atoms with van der Waals surface area (Å²) in [4.78, 5) is 7.91. The van der Waals surface area contributed by atoms with Crippen molar-refractivity contribution in [2.24, 2.45) is 0 Å². The number of benzene rings is 2. The van der Waals surface area contributed by atoms with Crippen molar-refractivity contribution < 1.29 is 0 Å². The number of rotatable bonds is 8. The molecule has 0 bridgehead atoms. The first kappa shape index (κ1) is 23.7. The van der Waals surface area contributed by atoms with Gasteiger partial charge in [-0.1, -0.05) is 76.1 Å². The summed E-state index contributed by atoms with van der Waals surface area (Å²) >= 11 is 0. The molecule has 2 heterocycles. The zero-order valence-electron chi connectivity index (χ0n) is 21.2. The van der Waals surface area contributed by atoms with E-state index in [2.05, 4.69) is 88.0 Å². The third-order valence-corrected chi connectivity index (χ3v) is 7.52. The van der Waals surface area contributed by atoms with Gasteiger partial charge >= 0.3 is 0 Å². The maximum atomic E-state index is 5.19. The maximum absolute atomic E-state index is 5.19. The summed E-state index contributed by atoms with van der Waals surface area (Å²) in [5.41, 5.74) is 12.4. The first-order valence-corrected chi connectivity index (χ1v) is 13.0. The van der Waals surface area contributed by atoms with E-state index < -0.39 is 0 Å². The van der Waals surface area contributed by atoms with Gasteiger partial charge in [0.1, 0.15) is 0 Å². The molecule has 0 saturated carbocycles. The van der Waals surface area contributed by atoms with Gasteiger partial charge in [-0.2, -0.15) is 0 Å². The minimum absolute atomic E-state index is 0.515. The number of aryl methyl sites for hydroxylation is 4. The fourth-order valence-corrected chi connectivity index (χ4v) is 5.63. The van der Waals surface area contributed by atoms with Crippen LogP contribution in [-0.2, 0) is 25.8 Å². The van der Waals surface area contributed by atoms with Crippen molar-refractivity contribution in [1.29, 1.82) is 0 Å². The SMILES string of the molecule is CCCCC1c2ccccc2CCN1Cc1c(C)cc(-c2c(CC)cccc2CC)nc1C. The lowest BCUT2D eigenvalue weighted by Crippen LogP contribution is -2.35. The van der Waals surface area contributed by atoms with Crippen LogP contribution in [0.15, 0.2) is 48.5 Å². The monoisotopic (exact) mass is 440 g/mol. The van der Waals surface area contributed by atoms with Crippen LogP contribution in [0.25, 0.3) is 11.3 Å². The summed E-state index contributed by atoms with van der Waals surface area (Å²) in [5.74, 6) is 0. The lowest BCUT2D eigenvalue weighted by atomic mass is 9.88. The molecule has 33 heavy (non-hydrogen) atoms. The minimum atomic E-state index is 0.515. The number of aromatic nitrogens is 1. The van der Waals surface area contributed by atoms with E-state index in [0.717, 1.165) is 38.0 Å². The Morgan fingerprint density at radius 1 is 0.939 bits per heavy atom. The van der Waals surface area contributed by atoms with E-state index in [0.29, 0.717) is 6.04 Å². The molecule has 4 rings (SSSR count). The molecule has 0 N–H and O–H groups in total. The fourth-order valence-electron chi connectivity index (χ4n) is 5.63. The van der Waals surface area contributed by atoms with Crippen LogP contribution in [0.2, 0.25) is 0 Å². The van der Waals surface area contributed by atoms with Gasteiger partial charge in [-0.15, -0.1) is 0 Å². The van der Waals surface area contributed by atoms with Crippen LogP contribution in [0, 0.1) is 13.8 Å². The smallest absolute Gasteiger partial charge is 0.0713 e. The standard InChI is InChI=1S/C31H40N2/c1-6-9-17-30-27-16-11-10-13-26(27)18-19-33(30)21-28-22(4)20-29(32-23(28)5)31-24(7-2)14-12-15-25(31)8-3/h10-16,20,30H,6-9,17-19,21H2,1-5H3. The Bertz CT molecular complexity index is 1050. The van der Waals surface area contributed by atoms with Gasteiger partial charge in [0, 0.05) is 30.4 Å². The van der Waals surface area contributed by atoms with Crippen LogP contribution in [-0.4, -0.2) is 16.4 Å². The molecule has 1 aliphatic rings. The number of fused-ring (bicyclic) bond motifs is 1. The third kappa shape index (κ3) is 4.92. The molecule has 2 aromatic carbocycles. The molecule has 0 spiro atoms. The van der Waals surface area contributed by atoms with Crippen LogP contribution in [0.1, 0.15) is 85.2 Å². The molecule has 1 unspecified atom stereocenters. The second-order valence-electron chi connectivity index (χ2n) is 9.62. The second-order valence-corrected chi connectivity index (χ2v) is 9.62. The first-order valence-electron chi connectivity index (χ1n) is 13.0. The lowest BCUT2D eigenvalue weighted by molar-refractivity contribution is 0.163. The first-order chi connectivity index (χ1) is 16.1. The van der Waals surface area contributed by atoms with Crippen molar-refractivity contribution in [3.05, 3.63) is 87.6 Å². The largest absolute Gasteiger partial charge is 0.292 e. The summed E-state index contributed by atoms with van der Waals surface area (Å²) in [6, 6.07) is 18.7. The van der Waals surface area contributed by atoms with Crippen LogP contribution < -0.4 is 0 Å². The Labute approximate surface area is 201 Å². The topological polar surface area (TPSA) is 16.1 Å². The summed E-state index contributed by atoms with van der Waals surface area (Å²) in [6.07, 6.45) is 6.98. The Morgan fingerprint density at radius 3 is 2.33 bits per heavy atom. The van der Waals surface area contributed by atoms with Gasteiger partial charge in [-0.05, 0) is 79.0 Å². The highest BCUT2D eigenvalue weighted by atomic mass is 15.2. The van der Waals surface area contributed by atoms with Crippen molar-refractivity contribution in [1.82, 2.24) is 9.88 Å². The van der Waals surface area contributed by atoms with Gasteiger partial charge in [-0.25, -0.2) is 0 Å². The summed E-state index contributed by atoms with van der Waals surface area (Å²) < 4.78 is 0. The molecule has 1 aromatic heterocycles. The summed E-state index contributed by atoms with van der Waals surface area (Å²) in [5, 5.41) is 0. The average Bonchev–Trinajstić information content (AvgIpc) is 2.84. The highest BCUT2D eigenvalue weighted by Crippen LogP contribution is 2.36. The van der Waals surface area contributed by atoms with Gasteiger partial charge in [0.2, 0.25) is 0 Å². The van der Waals surface area contributed by atoms with Gasteiger partial charge < -0.3 is 0 Å². The number of pyridine rings is 1. The number of hydrogen-bond donors (Lipinski definition) is 0. The Hall–Kier alpha value is -2.45. The van der Waals surface area contributed by atoms with Crippen molar-refractivity contribution in [3.63, 3.8) is 0 Å². The van der Waals surface area contributed by atoms with Gasteiger partial charge in [-0.3, -0.25) is 9.88 Å². The molecule has 2 nitrogen and oxygen atoms in total. The van der Waals surface area contributed by atoms with Gasteiger partial charge in [0.05, 0.1) is 5.69 Å². The Kier molecular flexibility index (Phi) is 7.65. The minimum Gasteiger partial charge on any atom is -0.292 e. The molecule has 1 aliphatic heterocycles. The predicted octanol–water partition coefficient (Wildman–Crippen LogP) is 7.78. The highest BCUT2D eigenvalue weighted by Gasteiger charge is 2.27. The zero-order chi connectivity index (χ0) is 23.4. The van der Waals surface area contributed by atoms with E-state index in [9.17, 15) is 0 Å². The van der Waals surface area contributed by atoms with Crippen molar-refractivity contribution in [3.8, 4) is 11.3 Å². The molecule has 0 amide bonds. The quantitative estimate of drug-likeness (QED) is 0.355. The second kappa shape index (κ2) is 10.7. The summed E-state index contributed by atoms with van der Waals surface area (Å²) in [6.45, 7) is 13.4. The van der Waals surface area contributed by atoms with Crippen molar-refractivity contribution in [2.75, 3.05) is 6.54 Å². The van der Waals surface area contributed by atoms with Gasteiger partial charge in [0.15, 0.2) is 0 Å². The van der Waals surface area contributed by atoms with E-state index in [4.69, 9.17) is 4.98 Å². The molecular formula is C31H40N2. The summed E-state index contributed by atoms with van der Waals surface area (Å²) in [7, 11) is 0. The molecule has 0 saturated heterocycles. The molecule has 2 heteroatoms. The van der Waals surface area contributed by atoms with E-state index in [1.807, 2.05) is 0 Å². The molecule has 0 radical (unpaired) electrons. The molecule has 174 valence electrons. The van der Waals surface area contributed by atoms with Crippen LogP contribution in [0.3, 0.4) is 0 Å². The Morgan fingerprint density at radius 2 is 1.67 bits per heavy atom. The third-order valence-electron chi connectivity index (χ3n) is 7.52. The van der Waals surface area contributed by atoms with E-state index in [1.165, 1.54) is 52.8 Å².